The van der Waals surface area contributed by atoms with Crippen molar-refractivity contribution >= 4 is 18.1 Å². The number of aliphatic imine (C=N–C) groups is 2. The molecule has 7 heteroatoms. The number of hydrogen-bond donors (Lipinski definition) is 2. The molecule has 1 atom stereocenters. The molecule has 0 aliphatic rings. The smallest absolute Gasteiger partial charge is 0.333 e. The van der Waals surface area contributed by atoms with Crippen molar-refractivity contribution < 1.29 is 24.6 Å². The van der Waals surface area contributed by atoms with Gasteiger partial charge < -0.3 is 10.2 Å². The predicted molar refractivity (Wildman–Crippen MR) is 70.8 cm³/mol. The van der Waals surface area contributed by atoms with Crippen LogP contribution < -0.4 is 0 Å². The fourth-order valence-electron chi connectivity index (χ4n) is 1.69. The molecule has 0 aromatic carbocycles. The Hall–Kier alpha value is -2.07. The Balaban J connectivity index is 4.49. The summed E-state index contributed by atoms with van der Waals surface area (Å²) in [5.41, 5.74) is -0.00619. The van der Waals surface area contributed by atoms with Gasteiger partial charge in [0.15, 0.2) is 0 Å². The van der Waals surface area contributed by atoms with Crippen molar-refractivity contribution in [2.45, 2.75) is 38.1 Å². The maximum absolute atomic E-state index is 11.1. The normalized spacial score (nSPS) is 12.2. The molecule has 1 unspecified atom stereocenters. The van der Waals surface area contributed by atoms with E-state index >= 15 is 0 Å². The molecule has 0 aromatic heterocycles. The minimum absolute atomic E-state index is 0.00619. The van der Waals surface area contributed by atoms with E-state index in [0.717, 1.165) is 6.42 Å². The van der Waals surface area contributed by atoms with Crippen LogP contribution in [0.4, 0.5) is 0 Å². The van der Waals surface area contributed by atoms with Crippen LogP contribution in [-0.2, 0) is 14.4 Å². The Labute approximate surface area is 116 Å². The van der Waals surface area contributed by atoms with Crippen molar-refractivity contribution in [3.8, 4) is 0 Å². The second kappa shape index (κ2) is 12.0. The molecular weight excluding hydrogens is 264 g/mol. The Morgan fingerprint density at radius 1 is 1.20 bits per heavy atom. The molecule has 0 heterocycles. The van der Waals surface area contributed by atoms with Gasteiger partial charge in [0.2, 0.25) is 12.2 Å². The minimum Gasteiger partial charge on any atom is -0.478 e. The average molecular weight is 282 g/mol. The van der Waals surface area contributed by atoms with Gasteiger partial charge in [-0.05, 0) is 19.3 Å². The van der Waals surface area contributed by atoms with Crippen LogP contribution in [0.5, 0.6) is 0 Å². The molecule has 0 aromatic rings. The van der Waals surface area contributed by atoms with E-state index in [1.807, 2.05) is 0 Å². The van der Waals surface area contributed by atoms with E-state index in [4.69, 9.17) is 10.2 Å². The highest BCUT2D eigenvalue weighted by molar-refractivity contribution is 5.88. The Morgan fingerprint density at radius 3 is 2.50 bits per heavy atom. The summed E-state index contributed by atoms with van der Waals surface area (Å²) in [6.45, 7) is 0.218. The average Bonchev–Trinajstić information content (AvgIpc) is 2.42. The van der Waals surface area contributed by atoms with Crippen LogP contribution in [0, 0.1) is 0 Å². The van der Waals surface area contributed by atoms with Gasteiger partial charge in [0, 0.05) is 6.61 Å². The molecule has 7 nitrogen and oxygen atoms in total. The second-order valence-electron chi connectivity index (χ2n) is 4.04. The molecule has 0 bridgehead atoms. The summed E-state index contributed by atoms with van der Waals surface area (Å²) in [7, 11) is 0. The Bertz CT molecular complexity index is 420. The summed E-state index contributed by atoms with van der Waals surface area (Å²) in [4.78, 5) is 38.2. The Kier molecular flexibility index (Phi) is 10.7. The number of aliphatic hydroxyl groups is 1. The van der Waals surface area contributed by atoms with Gasteiger partial charge in [-0.3, -0.25) is 0 Å². The summed E-state index contributed by atoms with van der Waals surface area (Å²) < 4.78 is 0. The standard InChI is InChI=1S/C13H18N2O5/c16-8-4-5-11(13(19)20)12(15-10-18)6-2-1-3-7-14-9-17/h5,12,16H,1-4,6-8H2,(H,19,20). The molecule has 0 aliphatic heterocycles. The van der Waals surface area contributed by atoms with Crippen LogP contribution in [0.1, 0.15) is 32.1 Å². The molecule has 110 valence electrons. The first-order valence-electron chi connectivity index (χ1n) is 6.32. The number of nitrogens with zero attached hydrogens (tertiary/aromatic N) is 2. The van der Waals surface area contributed by atoms with Gasteiger partial charge in [0.05, 0.1) is 18.2 Å². The lowest BCUT2D eigenvalue weighted by atomic mass is 10.00. The lowest BCUT2D eigenvalue weighted by Gasteiger charge is -2.11. The number of unbranched alkanes of at least 4 members (excludes halogenated alkanes) is 2. The van der Waals surface area contributed by atoms with Crippen molar-refractivity contribution in [1.29, 1.82) is 0 Å². The van der Waals surface area contributed by atoms with Crippen LogP contribution >= 0.6 is 0 Å². The highest BCUT2D eigenvalue weighted by Gasteiger charge is 2.19. The number of carbonyl (C=O) groups is 1. The van der Waals surface area contributed by atoms with E-state index in [2.05, 4.69) is 9.98 Å². The number of hydrogen-bond acceptors (Lipinski definition) is 6. The number of carboxylic acid groups (broad SMARTS) is 1. The zero-order valence-electron chi connectivity index (χ0n) is 11.1. The van der Waals surface area contributed by atoms with E-state index < -0.39 is 12.0 Å². The van der Waals surface area contributed by atoms with Crippen molar-refractivity contribution in [2.75, 3.05) is 13.2 Å². The minimum atomic E-state index is -1.16. The molecule has 0 fully saturated rings. The third-order valence-electron chi connectivity index (χ3n) is 2.62. The molecule has 0 rings (SSSR count). The molecule has 0 radical (unpaired) electrons. The van der Waals surface area contributed by atoms with Crippen molar-refractivity contribution in [1.82, 2.24) is 0 Å². The molecule has 0 saturated heterocycles. The first-order chi connectivity index (χ1) is 9.67. The molecule has 20 heavy (non-hydrogen) atoms. The highest BCUT2D eigenvalue weighted by atomic mass is 16.4. The van der Waals surface area contributed by atoms with Crippen LogP contribution in [0.15, 0.2) is 21.6 Å². The van der Waals surface area contributed by atoms with Gasteiger partial charge in [0.1, 0.15) is 0 Å². The topological polar surface area (TPSA) is 116 Å². The van der Waals surface area contributed by atoms with Crippen LogP contribution in [0.25, 0.3) is 0 Å². The number of isocyanates is 2. The monoisotopic (exact) mass is 282 g/mol. The molecule has 0 saturated carbocycles. The number of rotatable bonds is 11. The summed E-state index contributed by atoms with van der Waals surface area (Å²) in [6, 6.07) is -0.758. The summed E-state index contributed by atoms with van der Waals surface area (Å²) in [6.07, 6.45) is 6.85. The summed E-state index contributed by atoms with van der Waals surface area (Å²) >= 11 is 0. The Morgan fingerprint density at radius 2 is 1.95 bits per heavy atom. The lowest BCUT2D eigenvalue weighted by Crippen LogP contribution is -2.16. The first kappa shape index (κ1) is 17.9. The van der Waals surface area contributed by atoms with Crippen LogP contribution in [-0.4, -0.2) is 47.5 Å². The van der Waals surface area contributed by atoms with Gasteiger partial charge in [-0.15, -0.1) is 0 Å². The third-order valence-corrected chi connectivity index (χ3v) is 2.62. The number of aliphatic hydroxyl groups excluding tert-OH is 1. The summed E-state index contributed by atoms with van der Waals surface area (Å²) in [5, 5.41) is 17.8. The van der Waals surface area contributed by atoms with Gasteiger partial charge in [-0.1, -0.05) is 18.9 Å². The van der Waals surface area contributed by atoms with Gasteiger partial charge in [0.25, 0.3) is 0 Å². The van der Waals surface area contributed by atoms with Crippen LogP contribution in [0.2, 0.25) is 0 Å². The van der Waals surface area contributed by atoms with Gasteiger partial charge in [-0.2, -0.15) is 4.99 Å². The van der Waals surface area contributed by atoms with E-state index in [1.54, 1.807) is 0 Å². The quantitative estimate of drug-likeness (QED) is 0.253. The fourth-order valence-corrected chi connectivity index (χ4v) is 1.69. The van der Waals surface area contributed by atoms with E-state index in [9.17, 15) is 14.4 Å². The third kappa shape index (κ3) is 8.11. The first-order valence-corrected chi connectivity index (χ1v) is 6.32. The fraction of sp³-hybridized carbons (Fsp3) is 0.615. The van der Waals surface area contributed by atoms with Crippen LogP contribution in [0.3, 0.4) is 0 Å². The predicted octanol–water partition coefficient (Wildman–Crippen LogP) is 0.980. The van der Waals surface area contributed by atoms with Gasteiger partial charge >= 0.3 is 5.97 Å². The molecule has 0 aliphatic carbocycles. The second-order valence-corrected chi connectivity index (χ2v) is 4.04. The van der Waals surface area contributed by atoms with E-state index in [1.165, 1.54) is 18.2 Å². The largest absolute Gasteiger partial charge is 0.478 e. The molecule has 0 spiro atoms. The zero-order valence-corrected chi connectivity index (χ0v) is 11.1. The highest BCUT2D eigenvalue weighted by Crippen LogP contribution is 2.16. The van der Waals surface area contributed by atoms with E-state index in [-0.39, 0.29) is 18.6 Å². The van der Waals surface area contributed by atoms with Crippen molar-refractivity contribution in [3.05, 3.63) is 11.6 Å². The number of aliphatic carboxylic acids is 1. The van der Waals surface area contributed by atoms with Gasteiger partial charge in [-0.25, -0.2) is 19.4 Å². The molecular formula is C13H18N2O5. The molecule has 0 amide bonds. The number of carbonyl (C=O) groups excluding carboxylic acids is 2. The SMILES string of the molecule is O=C=NCCCCCC(N=C=O)C(=CCCO)C(=O)O. The number of carboxylic acids is 1. The maximum Gasteiger partial charge on any atom is 0.333 e. The summed E-state index contributed by atoms with van der Waals surface area (Å²) in [5.74, 6) is -1.16. The van der Waals surface area contributed by atoms with Crippen molar-refractivity contribution in [3.63, 3.8) is 0 Å². The zero-order chi connectivity index (χ0) is 15.2. The maximum atomic E-state index is 11.1. The lowest BCUT2D eigenvalue weighted by molar-refractivity contribution is -0.133. The van der Waals surface area contributed by atoms with E-state index in [0.29, 0.717) is 25.8 Å². The molecule has 2 N–H and O–H groups in total. The van der Waals surface area contributed by atoms with Crippen molar-refractivity contribution in [2.24, 2.45) is 9.98 Å².